The summed E-state index contributed by atoms with van der Waals surface area (Å²) >= 11 is 0. The molecule has 14 heavy (non-hydrogen) atoms. The Labute approximate surface area is 84.5 Å². The fourth-order valence-electron chi connectivity index (χ4n) is 1.62. The normalized spacial score (nSPS) is 20.8. The molecule has 1 heterocycles. The SMILES string of the molecule is CNc1ccc(NC2CCOC2)cc1. The molecule has 0 saturated carbocycles. The molecule has 0 bridgehead atoms. The maximum atomic E-state index is 5.30. The van der Waals surface area contributed by atoms with Crippen molar-refractivity contribution in [2.24, 2.45) is 0 Å². The van der Waals surface area contributed by atoms with Crippen LogP contribution in [0.4, 0.5) is 11.4 Å². The Morgan fingerprint density at radius 1 is 1.21 bits per heavy atom. The predicted molar refractivity (Wildman–Crippen MR) is 58.8 cm³/mol. The summed E-state index contributed by atoms with van der Waals surface area (Å²) in [6.07, 6.45) is 1.10. The third-order valence-electron chi connectivity index (χ3n) is 2.47. The zero-order valence-corrected chi connectivity index (χ0v) is 8.42. The van der Waals surface area contributed by atoms with Crippen LogP contribution in [0.1, 0.15) is 6.42 Å². The van der Waals surface area contributed by atoms with Gasteiger partial charge in [-0.2, -0.15) is 0 Å². The van der Waals surface area contributed by atoms with Crippen LogP contribution in [0.3, 0.4) is 0 Å². The lowest BCUT2D eigenvalue weighted by molar-refractivity contribution is 0.195. The number of ether oxygens (including phenoxy) is 1. The van der Waals surface area contributed by atoms with Crippen molar-refractivity contribution < 1.29 is 4.74 Å². The van der Waals surface area contributed by atoms with Gasteiger partial charge in [0.1, 0.15) is 0 Å². The Balaban J connectivity index is 1.95. The fraction of sp³-hybridized carbons (Fsp3) is 0.455. The summed E-state index contributed by atoms with van der Waals surface area (Å²) in [4.78, 5) is 0. The molecule has 0 aromatic heterocycles. The minimum atomic E-state index is 0.482. The molecule has 0 spiro atoms. The van der Waals surface area contributed by atoms with Crippen molar-refractivity contribution in [1.29, 1.82) is 0 Å². The van der Waals surface area contributed by atoms with Gasteiger partial charge in [-0.3, -0.25) is 0 Å². The molecule has 1 aliphatic heterocycles. The number of benzene rings is 1. The van der Waals surface area contributed by atoms with E-state index >= 15 is 0 Å². The largest absolute Gasteiger partial charge is 0.388 e. The van der Waals surface area contributed by atoms with Crippen LogP contribution in [0.2, 0.25) is 0 Å². The summed E-state index contributed by atoms with van der Waals surface area (Å²) in [6.45, 7) is 1.71. The molecule has 0 aliphatic carbocycles. The first kappa shape index (κ1) is 9.34. The van der Waals surface area contributed by atoms with E-state index in [1.807, 2.05) is 7.05 Å². The highest BCUT2D eigenvalue weighted by molar-refractivity contribution is 5.53. The van der Waals surface area contributed by atoms with Crippen molar-refractivity contribution in [3.63, 3.8) is 0 Å². The molecule has 1 fully saturated rings. The van der Waals surface area contributed by atoms with Gasteiger partial charge in [0.15, 0.2) is 0 Å². The molecule has 1 atom stereocenters. The van der Waals surface area contributed by atoms with Crippen molar-refractivity contribution in [2.75, 3.05) is 30.9 Å². The van der Waals surface area contributed by atoms with Gasteiger partial charge < -0.3 is 15.4 Å². The lowest BCUT2D eigenvalue weighted by Gasteiger charge is -2.12. The van der Waals surface area contributed by atoms with Crippen LogP contribution >= 0.6 is 0 Å². The third kappa shape index (κ3) is 2.17. The standard InChI is InChI=1S/C11H16N2O/c1-12-9-2-4-10(5-3-9)13-11-6-7-14-8-11/h2-5,11-13H,6-8H2,1H3. The number of anilines is 2. The van der Waals surface area contributed by atoms with Gasteiger partial charge in [-0.25, -0.2) is 0 Å². The second kappa shape index (κ2) is 4.33. The number of rotatable bonds is 3. The van der Waals surface area contributed by atoms with Gasteiger partial charge >= 0.3 is 0 Å². The summed E-state index contributed by atoms with van der Waals surface area (Å²) in [5.41, 5.74) is 2.30. The van der Waals surface area contributed by atoms with Crippen molar-refractivity contribution in [2.45, 2.75) is 12.5 Å². The van der Waals surface area contributed by atoms with Crippen LogP contribution in [0.5, 0.6) is 0 Å². The first-order valence-corrected chi connectivity index (χ1v) is 5.00. The molecule has 2 rings (SSSR count). The highest BCUT2D eigenvalue weighted by Crippen LogP contribution is 2.16. The van der Waals surface area contributed by atoms with Crippen LogP contribution in [0, 0.1) is 0 Å². The van der Waals surface area contributed by atoms with E-state index in [0.29, 0.717) is 6.04 Å². The van der Waals surface area contributed by atoms with E-state index in [1.165, 1.54) is 5.69 Å². The molecule has 1 aromatic rings. The van der Waals surface area contributed by atoms with Crippen LogP contribution in [0.15, 0.2) is 24.3 Å². The summed E-state index contributed by atoms with van der Waals surface area (Å²) in [5.74, 6) is 0. The van der Waals surface area contributed by atoms with Crippen LogP contribution in [-0.4, -0.2) is 26.3 Å². The fourth-order valence-corrected chi connectivity index (χ4v) is 1.62. The van der Waals surface area contributed by atoms with Gasteiger partial charge in [-0.05, 0) is 30.7 Å². The number of nitrogens with one attached hydrogen (secondary N) is 2. The number of hydrogen-bond acceptors (Lipinski definition) is 3. The molecule has 1 unspecified atom stereocenters. The van der Waals surface area contributed by atoms with E-state index in [4.69, 9.17) is 4.74 Å². The molecule has 0 amide bonds. The molecule has 2 N–H and O–H groups in total. The molecule has 3 nitrogen and oxygen atoms in total. The van der Waals surface area contributed by atoms with E-state index in [2.05, 4.69) is 34.9 Å². The molecule has 1 aliphatic rings. The van der Waals surface area contributed by atoms with Gasteiger partial charge in [-0.15, -0.1) is 0 Å². The van der Waals surface area contributed by atoms with Crippen LogP contribution in [-0.2, 0) is 4.74 Å². The average molecular weight is 192 g/mol. The van der Waals surface area contributed by atoms with Crippen LogP contribution < -0.4 is 10.6 Å². The van der Waals surface area contributed by atoms with Gasteiger partial charge in [0, 0.05) is 25.0 Å². The summed E-state index contributed by atoms with van der Waals surface area (Å²) in [6, 6.07) is 8.79. The lowest BCUT2D eigenvalue weighted by Crippen LogP contribution is -2.18. The minimum absolute atomic E-state index is 0.482. The topological polar surface area (TPSA) is 33.3 Å². The summed E-state index contributed by atoms with van der Waals surface area (Å²) < 4.78 is 5.30. The smallest absolute Gasteiger partial charge is 0.0668 e. The first-order chi connectivity index (χ1) is 6.88. The van der Waals surface area contributed by atoms with E-state index < -0.39 is 0 Å². The van der Waals surface area contributed by atoms with Crippen LogP contribution in [0.25, 0.3) is 0 Å². The predicted octanol–water partition coefficient (Wildman–Crippen LogP) is 1.93. The Kier molecular flexibility index (Phi) is 2.89. The zero-order valence-electron chi connectivity index (χ0n) is 8.42. The molecule has 0 radical (unpaired) electrons. The third-order valence-corrected chi connectivity index (χ3v) is 2.47. The van der Waals surface area contributed by atoms with Gasteiger partial charge in [0.2, 0.25) is 0 Å². The van der Waals surface area contributed by atoms with E-state index in [0.717, 1.165) is 25.3 Å². The maximum Gasteiger partial charge on any atom is 0.0668 e. The Bertz CT molecular complexity index is 278. The summed E-state index contributed by atoms with van der Waals surface area (Å²) in [5, 5.41) is 6.53. The van der Waals surface area contributed by atoms with E-state index in [1.54, 1.807) is 0 Å². The molecule has 76 valence electrons. The quantitative estimate of drug-likeness (QED) is 0.767. The van der Waals surface area contributed by atoms with E-state index in [-0.39, 0.29) is 0 Å². The highest BCUT2D eigenvalue weighted by atomic mass is 16.5. The van der Waals surface area contributed by atoms with Crippen molar-refractivity contribution in [3.05, 3.63) is 24.3 Å². The van der Waals surface area contributed by atoms with Crippen molar-refractivity contribution in [3.8, 4) is 0 Å². The lowest BCUT2D eigenvalue weighted by atomic mass is 10.2. The molecular weight excluding hydrogens is 176 g/mol. The zero-order chi connectivity index (χ0) is 9.80. The van der Waals surface area contributed by atoms with E-state index in [9.17, 15) is 0 Å². The van der Waals surface area contributed by atoms with Gasteiger partial charge in [0.25, 0.3) is 0 Å². The van der Waals surface area contributed by atoms with Gasteiger partial charge in [0.05, 0.1) is 12.6 Å². The molecule has 3 heteroatoms. The monoisotopic (exact) mass is 192 g/mol. The Hall–Kier alpha value is -1.22. The number of hydrogen-bond donors (Lipinski definition) is 2. The molecular formula is C11H16N2O. The van der Waals surface area contributed by atoms with Crippen molar-refractivity contribution in [1.82, 2.24) is 0 Å². The average Bonchev–Trinajstić information content (AvgIpc) is 2.72. The maximum absolute atomic E-state index is 5.30. The van der Waals surface area contributed by atoms with Crippen molar-refractivity contribution >= 4 is 11.4 Å². The molecule has 1 aromatic carbocycles. The van der Waals surface area contributed by atoms with Gasteiger partial charge in [-0.1, -0.05) is 0 Å². The Morgan fingerprint density at radius 2 is 1.93 bits per heavy atom. The highest BCUT2D eigenvalue weighted by Gasteiger charge is 2.14. The Morgan fingerprint density at radius 3 is 2.50 bits per heavy atom. The minimum Gasteiger partial charge on any atom is -0.388 e. The second-order valence-electron chi connectivity index (χ2n) is 3.53. The first-order valence-electron chi connectivity index (χ1n) is 5.00. The summed E-state index contributed by atoms with van der Waals surface area (Å²) in [7, 11) is 1.92. The second-order valence-corrected chi connectivity index (χ2v) is 3.53. The molecule has 1 saturated heterocycles.